The summed E-state index contributed by atoms with van der Waals surface area (Å²) in [4.78, 5) is 26.1. The van der Waals surface area contributed by atoms with Crippen LogP contribution in [-0.2, 0) is 13.2 Å². The molecule has 158 valence electrons. The minimum Gasteiger partial charge on any atom is -0.363 e. The van der Waals surface area contributed by atoms with Crippen LogP contribution in [0.15, 0.2) is 35.1 Å². The molecule has 0 bridgehead atoms. The maximum Gasteiger partial charge on any atom is 0.416 e. The van der Waals surface area contributed by atoms with Gasteiger partial charge in [-0.15, -0.1) is 0 Å². The summed E-state index contributed by atoms with van der Waals surface area (Å²) in [5.41, 5.74) is -2.34. The Labute approximate surface area is 167 Å². The lowest BCUT2D eigenvalue weighted by Gasteiger charge is -2.19. The third-order valence-corrected chi connectivity index (χ3v) is 4.71. The Bertz CT molecular complexity index is 1220. The van der Waals surface area contributed by atoms with Gasteiger partial charge in [-0.05, 0) is 31.5 Å². The molecule has 7 nitrogen and oxygen atoms in total. The van der Waals surface area contributed by atoms with Crippen LogP contribution in [0.1, 0.15) is 29.8 Å². The number of non-ortho nitro benzene ring substituents is 1. The average molecular weight is 424 g/mol. The molecule has 0 spiro atoms. The van der Waals surface area contributed by atoms with E-state index in [1.165, 1.54) is 33.0 Å². The van der Waals surface area contributed by atoms with Gasteiger partial charge in [-0.2, -0.15) is 13.2 Å². The summed E-state index contributed by atoms with van der Waals surface area (Å²) in [6.45, 7) is 2.88. The van der Waals surface area contributed by atoms with Crippen LogP contribution in [0.4, 0.5) is 29.1 Å². The Kier molecular flexibility index (Phi) is 5.23. The molecule has 0 aliphatic rings. The number of halogens is 4. The van der Waals surface area contributed by atoms with Gasteiger partial charge in [0.1, 0.15) is 5.82 Å². The topological polar surface area (TPSA) is 90.1 Å². The monoisotopic (exact) mass is 424 g/mol. The number of nitro benzene ring substituents is 1. The van der Waals surface area contributed by atoms with E-state index in [9.17, 15) is 32.5 Å². The molecule has 1 N–H and O–H groups in total. The lowest BCUT2D eigenvalue weighted by atomic mass is 10.0. The molecule has 1 aromatic carbocycles. The maximum atomic E-state index is 14.6. The molecule has 1 atom stereocenters. The second kappa shape index (κ2) is 7.39. The highest BCUT2D eigenvalue weighted by Crippen LogP contribution is 2.35. The number of nitrogens with one attached hydrogen (secondary N) is 1. The third-order valence-electron chi connectivity index (χ3n) is 4.71. The number of benzene rings is 1. The van der Waals surface area contributed by atoms with Crippen LogP contribution < -0.4 is 10.9 Å². The minimum atomic E-state index is -4.77. The highest BCUT2D eigenvalue weighted by molar-refractivity contribution is 5.90. The minimum absolute atomic E-state index is 0.00160. The molecule has 0 radical (unpaired) electrons. The molecule has 3 rings (SSSR count). The zero-order chi connectivity index (χ0) is 22.4. The first-order chi connectivity index (χ1) is 13.9. The van der Waals surface area contributed by atoms with Gasteiger partial charge in [-0.3, -0.25) is 14.9 Å². The number of nitrogens with zero attached hydrogens (tertiary/aromatic N) is 3. The molecule has 3 aromatic rings. The summed E-state index contributed by atoms with van der Waals surface area (Å²) >= 11 is 0. The van der Waals surface area contributed by atoms with Crippen LogP contribution in [-0.4, -0.2) is 14.5 Å². The van der Waals surface area contributed by atoms with Gasteiger partial charge in [0, 0.05) is 30.6 Å². The third kappa shape index (κ3) is 3.82. The molecular weight excluding hydrogens is 408 g/mol. The lowest BCUT2D eigenvalue weighted by Crippen LogP contribution is -2.18. The van der Waals surface area contributed by atoms with Crippen molar-refractivity contribution in [1.82, 2.24) is 9.55 Å². The Morgan fingerprint density at radius 2 is 1.90 bits per heavy atom. The predicted molar refractivity (Wildman–Crippen MR) is 102 cm³/mol. The van der Waals surface area contributed by atoms with Crippen molar-refractivity contribution in [1.29, 1.82) is 0 Å². The number of aryl methyl sites for hydroxylation is 2. The Morgan fingerprint density at radius 1 is 1.23 bits per heavy atom. The number of nitro groups is 1. The number of alkyl halides is 3. The Balaban J connectivity index is 2.12. The van der Waals surface area contributed by atoms with Crippen molar-refractivity contribution in [2.45, 2.75) is 26.1 Å². The van der Waals surface area contributed by atoms with Gasteiger partial charge in [-0.25, -0.2) is 9.37 Å². The molecule has 11 heteroatoms. The molecule has 0 fully saturated rings. The van der Waals surface area contributed by atoms with E-state index in [0.717, 1.165) is 16.7 Å². The molecule has 0 amide bonds. The normalized spacial score (nSPS) is 12.8. The van der Waals surface area contributed by atoms with Crippen molar-refractivity contribution < 1.29 is 22.5 Å². The predicted octanol–water partition coefficient (Wildman–Crippen LogP) is 4.48. The Hall–Kier alpha value is -3.50. The molecule has 0 unspecified atom stereocenters. The highest BCUT2D eigenvalue weighted by Gasteiger charge is 2.33. The second-order valence-corrected chi connectivity index (χ2v) is 6.79. The summed E-state index contributed by atoms with van der Waals surface area (Å²) in [5.74, 6) is -0.565. The molecule has 0 aliphatic carbocycles. The fraction of sp³-hybridized carbons (Fsp3) is 0.263. The summed E-state index contributed by atoms with van der Waals surface area (Å²) in [6.07, 6.45) is -4.77. The van der Waals surface area contributed by atoms with Crippen molar-refractivity contribution in [3.8, 4) is 0 Å². The van der Waals surface area contributed by atoms with Gasteiger partial charge in [0.15, 0.2) is 5.82 Å². The lowest BCUT2D eigenvalue weighted by molar-refractivity contribution is -0.385. The first kappa shape index (κ1) is 21.2. The van der Waals surface area contributed by atoms with E-state index in [2.05, 4.69) is 10.3 Å². The highest BCUT2D eigenvalue weighted by atomic mass is 19.4. The van der Waals surface area contributed by atoms with Gasteiger partial charge in [0.25, 0.3) is 11.2 Å². The number of rotatable bonds is 4. The van der Waals surface area contributed by atoms with Crippen LogP contribution >= 0.6 is 0 Å². The van der Waals surface area contributed by atoms with Crippen molar-refractivity contribution in [3.05, 3.63) is 73.4 Å². The molecule has 0 saturated carbocycles. The number of pyridine rings is 2. The second-order valence-electron chi connectivity index (χ2n) is 6.79. The van der Waals surface area contributed by atoms with Gasteiger partial charge in [0.05, 0.1) is 27.7 Å². The van der Waals surface area contributed by atoms with E-state index in [-0.39, 0.29) is 28.0 Å². The summed E-state index contributed by atoms with van der Waals surface area (Å²) in [7, 11) is 1.39. The van der Waals surface area contributed by atoms with Crippen molar-refractivity contribution in [3.63, 3.8) is 0 Å². The van der Waals surface area contributed by atoms with Crippen molar-refractivity contribution >= 4 is 22.4 Å². The van der Waals surface area contributed by atoms with E-state index in [1.807, 2.05) is 0 Å². The number of fused-ring (bicyclic) bond motifs is 1. The van der Waals surface area contributed by atoms with Crippen molar-refractivity contribution in [2.24, 2.45) is 7.05 Å². The molecule has 0 aliphatic heterocycles. The molecule has 2 heterocycles. The van der Waals surface area contributed by atoms with Gasteiger partial charge in [0.2, 0.25) is 0 Å². The fourth-order valence-electron chi connectivity index (χ4n) is 3.09. The molecule has 2 aromatic heterocycles. The Morgan fingerprint density at radius 3 is 2.50 bits per heavy atom. The number of hydrogen-bond donors (Lipinski definition) is 1. The molecule has 0 saturated heterocycles. The van der Waals surface area contributed by atoms with Crippen LogP contribution in [0.5, 0.6) is 0 Å². The summed E-state index contributed by atoms with van der Waals surface area (Å²) < 4.78 is 55.1. The van der Waals surface area contributed by atoms with Crippen LogP contribution in [0.2, 0.25) is 0 Å². The zero-order valence-electron chi connectivity index (χ0n) is 16.0. The van der Waals surface area contributed by atoms with E-state index in [4.69, 9.17) is 0 Å². The van der Waals surface area contributed by atoms with E-state index < -0.39 is 39.8 Å². The van der Waals surface area contributed by atoms with E-state index >= 15 is 0 Å². The van der Waals surface area contributed by atoms with Gasteiger partial charge in [-0.1, -0.05) is 0 Å². The first-order valence-corrected chi connectivity index (χ1v) is 8.69. The van der Waals surface area contributed by atoms with Gasteiger partial charge >= 0.3 is 6.18 Å². The average Bonchev–Trinajstić information content (AvgIpc) is 2.66. The molecule has 30 heavy (non-hydrogen) atoms. The van der Waals surface area contributed by atoms with Crippen LogP contribution in [0, 0.1) is 22.9 Å². The van der Waals surface area contributed by atoms with Gasteiger partial charge < -0.3 is 9.88 Å². The number of anilines is 1. The number of aromatic nitrogens is 2. The zero-order valence-corrected chi connectivity index (χ0v) is 16.0. The van der Waals surface area contributed by atoms with E-state index in [1.54, 1.807) is 0 Å². The van der Waals surface area contributed by atoms with Crippen LogP contribution in [0.3, 0.4) is 0 Å². The SMILES string of the molecule is Cc1nc(N[C@H](C)c2cc([N+](=O)[O-])cc(C(F)(F)F)c2)c2ccc(=O)n(C)c2c1F. The fourth-order valence-corrected chi connectivity index (χ4v) is 3.09. The first-order valence-electron chi connectivity index (χ1n) is 8.69. The van der Waals surface area contributed by atoms with Crippen molar-refractivity contribution in [2.75, 3.05) is 5.32 Å². The molecular formula is C19H16F4N4O3. The number of hydrogen-bond acceptors (Lipinski definition) is 5. The summed E-state index contributed by atoms with van der Waals surface area (Å²) in [5, 5.41) is 14.2. The quantitative estimate of drug-likeness (QED) is 0.379. The smallest absolute Gasteiger partial charge is 0.363 e. The summed E-state index contributed by atoms with van der Waals surface area (Å²) in [6, 6.07) is 4.02. The van der Waals surface area contributed by atoms with E-state index in [0.29, 0.717) is 6.07 Å². The largest absolute Gasteiger partial charge is 0.416 e. The maximum absolute atomic E-state index is 14.6. The standard InChI is InChI=1S/C19H16F4N4O3/c1-9(11-6-12(19(21,22)23)8-13(7-11)27(29)30)24-18-14-4-5-15(28)26(3)17(14)16(20)10(2)25-18/h4-9H,1-3H3,(H,24,25)/t9-/m1/s1. The van der Waals surface area contributed by atoms with Crippen LogP contribution in [0.25, 0.3) is 10.9 Å².